The summed E-state index contributed by atoms with van der Waals surface area (Å²) in [6.45, 7) is 6.97. The molecule has 1 aliphatic rings. The minimum absolute atomic E-state index is 0.0168. The zero-order valence-corrected chi connectivity index (χ0v) is 19.8. The predicted molar refractivity (Wildman–Crippen MR) is 134 cm³/mol. The zero-order valence-electron chi connectivity index (χ0n) is 19.8. The van der Waals surface area contributed by atoms with Crippen molar-refractivity contribution in [1.82, 2.24) is 14.4 Å². The summed E-state index contributed by atoms with van der Waals surface area (Å²) >= 11 is 0. The summed E-state index contributed by atoms with van der Waals surface area (Å²) in [4.78, 5) is 29.3. The van der Waals surface area contributed by atoms with E-state index in [9.17, 15) is 9.59 Å². The average molecular weight is 455 g/mol. The molecule has 1 aliphatic heterocycles. The molecule has 0 saturated carbocycles. The number of benzene rings is 2. The number of carbonyl (C=O) groups is 2. The molecule has 2 amide bonds. The highest BCUT2D eigenvalue weighted by atomic mass is 16.2. The summed E-state index contributed by atoms with van der Waals surface area (Å²) in [5.74, 6) is 0.395. The minimum atomic E-state index is -0.0535. The Morgan fingerprint density at radius 1 is 1.00 bits per heavy atom. The van der Waals surface area contributed by atoms with Crippen molar-refractivity contribution in [2.45, 2.75) is 32.7 Å². The van der Waals surface area contributed by atoms with Crippen LogP contribution in [0.1, 0.15) is 47.7 Å². The molecule has 1 aromatic heterocycles. The molecular weight excluding hydrogens is 424 g/mol. The van der Waals surface area contributed by atoms with Crippen molar-refractivity contribution in [3.63, 3.8) is 0 Å². The van der Waals surface area contributed by atoms with Crippen LogP contribution in [0.25, 0.3) is 17.0 Å². The Morgan fingerprint density at radius 3 is 2.35 bits per heavy atom. The average Bonchev–Trinajstić information content (AvgIpc) is 3.23. The van der Waals surface area contributed by atoms with Crippen LogP contribution in [0, 0.1) is 11.3 Å². The van der Waals surface area contributed by atoms with E-state index in [4.69, 9.17) is 5.26 Å². The molecule has 0 aliphatic carbocycles. The quantitative estimate of drug-likeness (QED) is 0.508. The van der Waals surface area contributed by atoms with Gasteiger partial charge < -0.3 is 14.4 Å². The van der Waals surface area contributed by atoms with Gasteiger partial charge in [-0.3, -0.25) is 9.59 Å². The van der Waals surface area contributed by atoms with Gasteiger partial charge in [0, 0.05) is 67.0 Å². The van der Waals surface area contributed by atoms with E-state index >= 15 is 0 Å². The van der Waals surface area contributed by atoms with Gasteiger partial charge in [-0.1, -0.05) is 44.2 Å². The van der Waals surface area contributed by atoms with E-state index in [0.29, 0.717) is 50.6 Å². The largest absolute Gasteiger partial charge is 0.346 e. The smallest absolute Gasteiger partial charge is 0.253 e. The lowest BCUT2D eigenvalue weighted by molar-refractivity contribution is -0.127. The van der Waals surface area contributed by atoms with Crippen LogP contribution in [0.4, 0.5) is 0 Å². The van der Waals surface area contributed by atoms with Gasteiger partial charge in [-0.15, -0.1) is 0 Å². The van der Waals surface area contributed by atoms with Crippen molar-refractivity contribution in [2.75, 3.05) is 26.2 Å². The van der Waals surface area contributed by atoms with Crippen LogP contribution in [0.3, 0.4) is 0 Å². The van der Waals surface area contributed by atoms with Gasteiger partial charge >= 0.3 is 0 Å². The highest BCUT2D eigenvalue weighted by molar-refractivity contribution is 5.97. The number of aryl methyl sites for hydroxylation is 1. The first-order valence-corrected chi connectivity index (χ1v) is 11.8. The molecule has 0 atom stereocenters. The number of para-hydroxylation sites is 1. The van der Waals surface area contributed by atoms with Gasteiger partial charge in [-0.2, -0.15) is 5.26 Å². The fourth-order valence-corrected chi connectivity index (χ4v) is 4.35. The number of aromatic nitrogens is 1. The highest BCUT2D eigenvalue weighted by Gasteiger charge is 2.24. The Labute approximate surface area is 200 Å². The van der Waals surface area contributed by atoms with Crippen LogP contribution in [-0.2, 0) is 11.3 Å². The van der Waals surface area contributed by atoms with Gasteiger partial charge in [0.05, 0.1) is 12.5 Å². The molecule has 174 valence electrons. The van der Waals surface area contributed by atoms with Gasteiger partial charge in [0.25, 0.3) is 5.91 Å². The van der Waals surface area contributed by atoms with Crippen LogP contribution >= 0.6 is 0 Å². The van der Waals surface area contributed by atoms with Crippen molar-refractivity contribution in [3.8, 4) is 6.07 Å². The number of piperazine rings is 1. The number of rotatable bonds is 6. The Bertz CT molecular complexity index is 1240. The molecule has 3 aromatic rings. The molecule has 2 heterocycles. The van der Waals surface area contributed by atoms with Crippen molar-refractivity contribution in [2.24, 2.45) is 0 Å². The second kappa shape index (κ2) is 10.4. The van der Waals surface area contributed by atoms with Gasteiger partial charge in [0.2, 0.25) is 5.91 Å². The fourth-order valence-electron chi connectivity index (χ4n) is 4.35. The molecule has 34 heavy (non-hydrogen) atoms. The van der Waals surface area contributed by atoms with E-state index < -0.39 is 0 Å². The number of carbonyl (C=O) groups excluding carboxylic acids is 2. The second-order valence-corrected chi connectivity index (χ2v) is 8.93. The van der Waals surface area contributed by atoms with Gasteiger partial charge in [-0.05, 0) is 35.8 Å². The van der Waals surface area contributed by atoms with Crippen LogP contribution < -0.4 is 0 Å². The predicted octanol–water partition coefficient (Wildman–Crippen LogP) is 4.68. The third kappa shape index (κ3) is 5.04. The summed E-state index contributed by atoms with van der Waals surface area (Å²) < 4.78 is 2.06. The minimum Gasteiger partial charge on any atom is -0.346 e. The topological polar surface area (TPSA) is 69.3 Å². The monoisotopic (exact) mass is 454 g/mol. The third-order valence-electron chi connectivity index (χ3n) is 6.39. The second-order valence-electron chi connectivity index (χ2n) is 8.93. The van der Waals surface area contributed by atoms with Crippen molar-refractivity contribution < 1.29 is 9.59 Å². The summed E-state index contributed by atoms with van der Waals surface area (Å²) in [7, 11) is 0. The molecule has 1 fully saturated rings. The van der Waals surface area contributed by atoms with E-state index in [0.717, 1.165) is 16.5 Å². The summed E-state index contributed by atoms with van der Waals surface area (Å²) in [5, 5.41) is 9.98. The molecule has 2 aromatic carbocycles. The first-order chi connectivity index (χ1) is 16.5. The van der Waals surface area contributed by atoms with Crippen molar-refractivity contribution in [3.05, 3.63) is 77.5 Å². The molecule has 0 radical (unpaired) electrons. The maximum absolute atomic E-state index is 12.9. The van der Waals surface area contributed by atoms with Crippen LogP contribution in [0.15, 0.2) is 60.8 Å². The molecule has 1 saturated heterocycles. The van der Waals surface area contributed by atoms with E-state index in [1.807, 2.05) is 65.7 Å². The molecule has 4 rings (SSSR count). The molecule has 6 heteroatoms. The standard InChI is InChI=1S/C28H30N4O2/c1-21(2)22-8-10-23(11-9-22)28(34)31-18-16-30(17-19-31)27(33)13-12-24-20-32(15-5-14-29)26-7-4-3-6-25(24)26/h3-4,6-13,20-21H,5,15-19H2,1-2H3/b13-12+. The molecule has 0 bridgehead atoms. The van der Waals surface area contributed by atoms with Crippen LogP contribution in [0.2, 0.25) is 0 Å². The first-order valence-electron chi connectivity index (χ1n) is 11.8. The van der Waals surface area contributed by atoms with E-state index in [2.05, 4.69) is 24.5 Å². The van der Waals surface area contributed by atoms with Gasteiger partial charge in [0.1, 0.15) is 0 Å². The normalized spacial score (nSPS) is 14.2. The maximum atomic E-state index is 12.9. The lowest BCUT2D eigenvalue weighted by Crippen LogP contribution is -2.50. The molecule has 0 unspecified atom stereocenters. The highest BCUT2D eigenvalue weighted by Crippen LogP contribution is 2.23. The molecule has 0 N–H and O–H groups in total. The lowest BCUT2D eigenvalue weighted by atomic mass is 10.0. The van der Waals surface area contributed by atoms with Crippen LogP contribution in [-0.4, -0.2) is 52.4 Å². The fraction of sp³-hybridized carbons (Fsp3) is 0.321. The van der Waals surface area contributed by atoms with E-state index in [1.54, 1.807) is 11.0 Å². The summed E-state index contributed by atoms with van der Waals surface area (Å²) in [5.41, 5.74) is 3.92. The number of hydrogen-bond acceptors (Lipinski definition) is 3. The Morgan fingerprint density at radius 2 is 1.68 bits per heavy atom. The van der Waals surface area contributed by atoms with Crippen LogP contribution in [0.5, 0.6) is 0 Å². The van der Waals surface area contributed by atoms with Crippen molar-refractivity contribution >= 4 is 28.8 Å². The number of fused-ring (bicyclic) bond motifs is 1. The first kappa shape index (κ1) is 23.3. The number of amides is 2. The summed E-state index contributed by atoms with van der Waals surface area (Å²) in [6, 6.07) is 18.0. The molecule has 0 spiro atoms. The molecular formula is C28H30N4O2. The van der Waals surface area contributed by atoms with E-state index in [-0.39, 0.29) is 11.8 Å². The van der Waals surface area contributed by atoms with Gasteiger partial charge in [-0.25, -0.2) is 0 Å². The Balaban J connectivity index is 1.37. The zero-order chi connectivity index (χ0) is 24.1. The lowest BCUT2D eigenvalue weighted by Gasteiger charge is -2.34. The van der Waals surface area contributed by atoms with Crippen molar-refractivity contribution in [1.29, 1.82) is 5.26 Å². The Hall–Kier alpha value is -3.85. The SMILES string of the molecule is CC(C)c1ccc(C(=O)N2CCN(C(=O)/C=C/c3cn(CCC#N)c4ccccc34)CC2)cc1. The maximum Gasteiger partial charge on any atom is 0.253 e. The molecule has 6 nitrogen and oxygen atoms in total. The summed E-state index contributed by atoms with van der Waals surface area (Å²) in [6.07, 6.45) is 5.89. The van der Waals surface area contributed by atoms with E-state index in [1.165, 1.54) is 5.56 Å². The van der Waals surface area contributed by atoms with Gasteiger partial charge in [0.15, 0.2) is 0 Å². The number of nitrogens with zero attached hydrogens (tertiary/aromatic N) is 4. The number of hydrogen-bond donors (Lipinski definition) is 0. The third-order valence-corrected chi connectivity index (χ3v) is 6.39. The number of nitriles is 1. The Kier molecular flexibility index (Phi) is 7.12.